The van der Waals surface area contributed by atoms with Gasteiger partial charge < -0.3 is 10.6 Å². The van der Waals surface area contributed by atoms with Crippen molar-refractivity contribution in [1.82, 2.24) is 4.90 Å². The molecule has 1 amide bonds. The highest BCUT2D eigenvalue weighted by atomic mass is 16.2. The van der Waals surface area contributed by atoms with Crippen LogP contribution in [0.15, 0.2) is 0 Å². The van der Waals surface area contributed by atoms with Crippen molar-refractivity contribution in [3.8, 4) is 0 Å². The van der Waals surface area contributed by atoms with E-state index in [2.05, 4.69) is 0 Å². The second-order valence-corrected chi connectivity index (χ2v) is 5.43. The van der Waals surface area contributed by atoms with Crippen molar-refractivity contribution in [2.75, 3.05) is 13.1 Å². The summed E-state index contributed by atoms with van der Waals surface area (Å²) in [6.07, 6.45) is 9.42. The fraction of sp³-hybridized carbons (Fsp3) is 0.923. The Hall–Kier alpha value is -0.570. The molecule has 2 N–H and O–H groups in total. The van der Waals surface area contributed by atoms with E-state index in [0.29, 0.717) is 5.91 Å². The molecule has 0 radical (unpaired) electrons. The molecule has 0 spiro atoms. The van der Waals surface area contributed by atoms with Crippen molar-refractivity contribution in [2.45, 2.75) is 57.4 Å². The van der Waals surface area contributed by atoms with Gasteiger partial charge in [-0.3, -0.25) is 4.79 Å². The van der Waals surface area contributed by atoms with Crippen LogP contribution in [0.4, 0.5) is 0 Å². The molecule has 2 fully saturated rings. The summed E-state index contributed by atoms with van der Waals surface area (Å²) in [5, 5.41) is 0. The monoisotopic (exact) mass is 224 g/mol. The van der Waals surface area contributed by atoms with E-state index in [0.717, 1.165) is 44.7 Å². The first kappa shape index (κ1) is 11.9. The Balaban J connectivity index is 1.70. The molecule has 1 saturated heterocycles. The minimum Gasteiger partial charge on any atom is -0.341 e. The van der Waals surface area contributed by atoms with E-state index in [1.54, 1.807) is 0 Å². The van der Waals surface area contributed by atoms with Gasteiger partial charge in [-0.05, 0) is 25.2 Å². The van der Waals surface area contributed by atoms with E-state index < -0.39 is 0 Å². The lowest BCUT2D eigenvalue weighted by atomic mass is 10.0. The average molecular weight is 224 g/mol. The number of piperidine rings is 1. The third-order valence-electron chi connectivity index (χ3n) is 4.05. The molecule has 1 aliphatic carbocycles. The third kappa shape index (κ3) is 3.21. The summed E-state index contributed by atoms with van der Waals surface area (Å²) in [7, 11) is 0. The normalized spacial score (nSPS) is 27.3. The first-order chi connectivity index (χ1) is 7.75. The van der Waals surface area contributed by atoms with Crippen LogP contribution in [0.25, 0.3) is 0 Å². The molecule has 1 atom stereocenters. The highest BCUT2D eigenvalue weighted by Gasteiger charge is 2.22. The second kappa shape index (κ2) is 5.67. The molecule has 0 aromatic heterocycles. The molecule has 0 unspecified atom stereocenters. The Kier molecular flexibility index (Phi) is 4.22. The van der Waals surface area contributed by atoms with Gasteiger partial charge in [-0.15, -0.1) is 0 Å². The van der Waals surface area contributed by atoms with E-state index in [4.69, 9.17) is 5.73 Å². The van der Waals surface area contributed by atoms with Gasteiger partial charge in [0, 0.05) is 25.6 Å². The quantitative estimate of drug-likeness (QED) is 0.796. The summed E-state index contributed by atoms with van der Waals surface area (Å²) in [6.45, 7) is 1.71. The molecular formula is C13H24N2O. The van der Waals surface area contributed by atoms with Crippen molar-refractivity contribution in [2.24, 2.45) is 11.7 Å². The van der Waals surface area contributed by atoms with Crippen molar-refractivity contribution in [1.29, 1.82) is 0 Å². The maximum atomic E-state index is 12.0. The van der Waals surface area contributed by atoms with Crippen LogP contribution in [0, 0.1) is 5.92 Å². The predicted molar refractivity (Wildman–Crippen MR) is 65.0 cm³/mol. The molecule has 3 heteroatoms. The van der Waals surface area contributed by atoms with Crippen molar-refractivity contribution >= 4 is 5.91 Å². The molecule has 0 bridgehead atoms. The van der Waals surface area contributed by atoms with Gasteiger partial charge in [0.25, 0.3) is 0 Å². The van der Waals surface area contributed by atoms with Crippen LogP contribution in [0.2, 0.25) is 0 Å². The molecule has 3 nitrogen and oxygen atoms in total. The smallest absolute Gasteiger partial charge is 0.222 e. The number of nitrogens with zero attached hydrogens (tertiary/aromatic N) is 1. The summed E-state index contributed by atoms with van der Waals surface area (Å²) < 4.78 is 0. The Morgan fingerprint density at radius 2 is 1.94 bits per heavy atom. The van der Waals surface area contributed by atoms with E-state index >= 15 is 0 Å². The first-order valence-corrected chi connectivity index (χ1v) is 6.79. The molecule has 0 aromatic carbocycles. The standard InChI is InChI=1S/C13H24N2O/c14-12-6-3-9-15(10-12)13(16)8-7-11-4-1-2-5-11/h11-12H,1-10,14H2/t12-/m1/s1. The highest BCUT2D eigenvalue weighted by molar-refractivity contribution is 5.76. The first-order valence-electron chi connectivity index (χ1n) is 6.79. The molecule has 0 aromatic rings. The fourth-order valence-corrected chi connectivity index (χ4v) is 3.02. The summed E-state index contributed by atoms with van der Waals surface area (Å²) >= 11 is 0. The summed E-state index contributed by atoms with van der Waals surface area (Å²) in [5.41, 5.74) is 5.89. The molecule has 1 saturated carbocycles. The lowest BCUT2D eigenvalue weighted by Crippen LogP contribution is -2.45. The number of nitrogens with two attached hydrogens (primary N) is 1. The van der Waals surface area contributed by atoms with Crippen molar-refractivity contribution in [3.05, 3.63) is 0 Å². The number of hydrogen-bond donors (Lipinski definition) is 1. The third-order valence-corrected chi connectivity index (χ3v) is 4.05. The molecule has 1 aliphatic heterocycles. The Morgan fingerprint density at radius 3 is 2.62 bits per heavy atom. The zero-order valence-electron chi connectivity index (χ0n) is 10.2. The van der Waals surface area contributed by atoms with E-state index in [1.807, 2.05) is 4.90 Å². The number of hydrogen-bond acceptors (Lipinski definition) is 2. The number of likely N-dealkylation sites (tertiary alicyclic amines) is 1. The van der Waals surface area contributed by atoms with Crippen LogP contribution in [0.1, 0.15) is 51.4 Å². The summed E-state index contributed by atoms with van der Waals surface area (Å²) in [4.78, 5) is 13.9. The van der Waals surface area contributed by atoms with Gasteiger partial charge in [-0.1, -0.05) is 25.7 Å². The molecular weight excluding hydrogens is 200 g/mol. The van der Waals surface area contributed by atoms with Crippen LogP contribution in [0.3, 0.4) is 0 Å². The zero-order valence-corrected chi connectivity index (χ0v) is 10.2. The Bertz CT molecular complexity index is 236. The van der Waals surface area contributed by atoms with Crippen LogP contribution < -0.4 is 5.73 Å². The summed E-state index contributed by atoms with van der Waals surface area (Å²) in [6, 6.07) is 0.212. The van der Waals surface area contributed by atoms with Gasteiger partial charge in [-0.25, -0.2) is 0 Å². The molecule has 92 valence electrons. The van der Waals surface area contributed by atoms with Crippen LogP contribution in [0.5, 0.6) is 0 Å². The number of carbonyl (C=O) groups excluding carboxylic acids is 1. The minimum absolute atomic E-state index is 0.212. The lowest BCUT2D eigenvalue weighted by molar-refractivity contribution is -0.132. The second-order valence-electron chi connectivity index (χ2n) is 5.43. The van der Waals surface area contributed by atoms with Gasteiger partial charge in [-0.2, -0.15) is 0 Å². The van der Waals surface area contributed by atoms with Gasteiger partial charge >= 0.3 is 0 Å². The van der Waals surface area contributed by atoms with Crippen molar-refractivity contribution in [3.63, 3.8) is 0 Å². The van der Waals surface area contributed by atoms with E-state index in [9.17, 15) is 4.79 Å². The Labute approximate surface area is 98.4 Å². The maximum Gasteiger partial charge on any atom is 0.222 e. The van der Waals surface area contributed by atoms with Crippen LogP contribution in [-0.2, 0) is 4.79 Å². The van der Waals surface area contributed by atoms with Crippen LogP contribution >= 0.6 is 0 Å². The number of rotatable bonds is 3. The topological polar surface area (TPSA) is 46.3 Å². The molecule has 16 heavy (non-hydrogen) atoms. The maximum absolute atomic E-state index is 12.0. The largest absolute Gasteiger partial charge is 0.341 e. The Morgan fingerprint density at radius 1 is 1.19 bits per heavy atom. The van der Waals surface area contributed by atoms with Gasteiger partial charge in [0.15, 0.2) is 0 Å². The fourth-order valence-electron chi connectivity index (χ4n) is 3.02. The van der Waals surface area contributed by atoms with Gasteiger partial charge in [0.2, 0.25) is 5.91 Å². The van der Waals surface area contributed by atoms with Gasteiger partial charge in [0.05, 0.1) is 0 Å². The summed E-state index contributed by atoms with van der Waals surface area (Å²) in [5.74, 6) is 1.16. The number of carbonyl (C=O) groups is 1. The SMILES string of the molecule is N[C@@H]1CCCN(C(=O)CCC2CCCC2)C1. The molecule has 2 rings (SSSR count). The number of amides is 1. The van der Waals surface area contributed by atoms with Crippen molar-refractivity contribution < 1.29 is 4.79 Å². The average Bonchev–Trinajstić information content (AvgIpc) is 2.78. The zero-order chi connectivity index (χ0) is 11.4. The molecule has 1 heterocycles. The van der Waals surface area contributed by atoms with Gasteiger partial charge in [0.1, 0.15) is 0 Å². The molecule has 2 aliphatic rings. The highest BCUT2D eigenvalue weighted by Crippen LogP contribution is 2.28. The van der Waals surface area contributed by atoms with E-state index in [-0.39, 0.29) is 6.04 Å². The lowest BCUT2D eigenvalue weighted by Gasteiger charge is -2.31. The van der Waals surface area contributed by atoms with E-state index in [1.165, 1.54) is 25.7 Å². The predicted octanol–water partition coefficient (Wildman–Crippen LogP) is 1.91. The van der Waals surface area contributed by atoms with Crippen LogP contribution in [-0.4, -0.2) is 29.9 Å². The minimum atomic E-state index is 0.212.